The first-order valence-electron chi connectivity index (χ1n) is 7.33. The third-order valence-corrected chi connectivity index (χ3v) is 3.93. The molecule has 1 fully saturated rings. The van der Waals surface area contributed by atoms with E-state index in [0.29, 0.717) is 30.5 Å². The molecule has 0 unspecified atom stereocenters. The maximum atomic E-state index is 12.4. The summed E-state index contributed by atoms with van der Waals surface area (Å²) in [7, 11) is 0. The first-order chi connectivity index (χ1) is 9.99. The number of nitrogens with one attached hydrogen (secondary N) is 1. The molecule has 1 atom stereocenters. The Balaban J connectivity index is 1.94. The minimum atomic E-state index is -0.562. The minimum absolute atomic E-state index is 0.126. The van der Waals surface area contributed by atoms with E-state index >= 15 is 0 Å². The molecule has 0 aliphatic carbocycles. The summed E-state index contributed by atoms with van der Waals surface area (Å²) in [5, 5.41) is 3.49. The zero-order valence-electron chi connectivity index (χ0n) is 12.4. The average Bonchev–Trinajstić information content (AvgIpc) is 2.81. The van der Waals surface area contributed by atoms with E-state index in [2.05, 4.69) is 19.2 Å². The molecule has 5 heteroatoms. The van der Waals surface area contributed by atoms with Crippen LogP contribution in [0.2, 0.25) is 5.02 Å². The fourth-order valence-electron chi connectivity index (χ4n) is 2.41. The number of carbonyl (C=O) groups excluding carboxylic acids is 2. The Morgan fingerprint density at radius 2 is 2.05 bits per heavy atom. The van der Waals surface area contributed by atoms with E-state index in [1.807, 2.05) is 0 Å². The van der Waals surface area contributed by atoms with Crippen molar-refractivity contribution in [1.29, 1.82) is 0 Å². The molecule has 0 radical (unpaired) electrons. The third kappa shape index (κ3) is 3.97. The predicted molar refractivity (Wildman–Crippen MR) is 84.4 cm³/mol. The van der Waals surface area contributed by atoms with Crippen molar-refractivity contribution in [2.24, 2.45) is 11.8 Å². The number of hydrogen-bond acceptors (Lipinski definition) is 2. The van der Waals surface area contributed by atoms with Crippen molar-refractivity contribution in [3.05, 3.63) is 29.3 Å². The van der Waals surface area contributed by atoms with Crippen LogP contribution in [-0.2, 0) is 9.59 Å². The van der Waals surface area contributed by atoms with Crippen LogP contribution in [-0.4, -0.2) is 24.9 Å². The summed E-state index contributed by atoms with van der Waals surface area (Å²) < 4.78 is 0. The Kier molecular flexibility index (Phi) is 5.23. The summed E-state index contributed by atoms with van der Waals surface area (Å²) in [6.07, 6.45) is 1.49. The molecule has 1 aromatic rings. The van der Waals surface area contributed by atoms with Crippen LogP contribution in [0.15, 0.2) is 24.3 Å². The van der Waals surface area contributed by atoms with E-state index in [4.69, 9.17) is 11.6 Å². The van der Waals surface area contributed by atoms with Gasteiger partial charge in [-0.05, 0) is 43.0 Å². The van der Waals surface area contributed by atoms with Crippen LogP contribution in [0.1, 0.15) is 26.7 Å². The third-order valence-electron chi connectivity index (χ3n) is 3.68. The van der Waals surface area contributed by atoms with Gasteiger partial charge in [-0.25, -0.2) is 0 Å². The quantitative estimate of drug-likeness (QED) is 0.850. The normalized spacial score (nSPS) is 18.4. The average molecular weight is 309 g/mol. The van der Waals surface area contributed by atoms with Crippen LogP contribution in [0, 0.1) is 11.8 Å². The van der Waals surface area contributed by atoms with E-state index in [1.165, 1.54) is 0 Å². The second-order valence-corrected chi connectivity index (χ2v) is 6.22. The molecule has 0 bridgehead atoms. The van der Waals surface area contributed by atoms with Crippen LogP contribution >= 0.6 is 11.6 Å². The molecular formula is C16H21ClN2O2. The van der Waals surface area contributed by atoms with E-state index < -0.39 is 5.92 Å². The number of rotatable bonds is 5. The summed E-state index contributed by atoms with van der Waals surface area (Å²) in [4.78, 5) is 26.1. The predicted octanol–water partition coefficient (Wildman–Crippen LogP) is 2.86. The van der Waals surface area contributed by atoms with Gasteiger partial charge in [0.1, 0.15) is 5.92 Å². The smallest absolute Gasteiger partial charge is 0.239 e. The van der Waals surface area contributed by atoms with Crippen molar-refractivity contribution in [2.75, 3.05) is 18.0 Å². The second kappa shape index (κ2) is 6.94. The summed E-state index contributed by atoms with van der Waals surface area (Å²) >= 11 is 5.85. The highest BCUT2D eigenvalue weighted by Crippen LogP contribution is 2.26. The van der Waals surface area contributed by atoms with Crippen molar-refractivity contribution in [2.45, 2.75) is 26.7 Å². The number of halogens is 1. The summed E-state index contributed by atoms with van der Waals surface area (Å²) in [6, 6.07) is 7.11. The molecule has 1 aliphatic heterocycles. The van der Waals surface area contributed by atoms with Crippen molar-refractivity contribution in [3.8, 4) is 0 Å². The van der Waals surface area contributed by atoms with Crippen LogP contribution in [0.3, 0.4) is 0 Å². The molecule has 2 amide bonds. The van der Waals surface area contributed by atoms with E-state index in [9.17, 15) is 9.59 Å². The summed E-state index contributed by atoms with van der Waals surface area (Å²) in [5.74, 6) is -0.306. The molecule has 0 aromatic heterocycles. The van der Waals surface area contributed by atoms with E-state index in [-0.39, 0.29) is 11.8 Å². The molecule has 4 nitrogen and oxygen atoms in total. The van der Waals surface area contributed by atoms with E-state index in [1.54, 1.807) is 29.2 Å². The maximum absolute atomic E-state index is 12.4. The van der Waals surface area contributed by atoms with Gasteiger partial charge in [-0.15, -0.1) is 0 Å². The monoisotopic (exact) mass is 308 g/mol. The lowest BCUT2D eigenvalue weighted by molar-refractivity contribution is -0.132. The maximum Gasteiger partial charge on any atom is 0.239 e. The molecule has 1 aliphatic rings. The van der Waals surface area contributed by atoms with E-state index in [0.717, 1.165) is 12.1 Å². The number of benzene rings is 1. The molecule has 0 saturated carbocycles. The number of carbonyl (C=O) groups is 2. The fourth-order valence-corrected chi connectivity index (χ4v) is 2.53. The lowest BCUT2D eigenvalue weighted by atomic mass is 10.1. The first kappa shape index (κ1) is 15.8. The van der Waals surface area contributed by atoms with Crippen LogP contribution in [0.4, 0.5) is 5.69 Å². The van der Waals surface area contributed by atoms with Gasteiger partial charge in [0.15, 0.2) is 0 Å². The van der Waals surface area contributed by atoms with Gasteiger partial charge in [0.2, 0.25) is 11.8 Å². The van der Waals surface area contributed by atoms with Gasteiger partial charge in [-0.2, -0.15) is 0 Å². The Bertz CT molecular complexity index is 514. The zero-order valence-corrected chi connectivity index (χ0v) is 13.2. The molecular weight excluding hydrogens is 288 g/mol. The highest BCUT2D eigenvalue weighted by atomic mass is 35.5. The Morgan fingerprint density at radius 3 is 2.67 bits per heavy atom. The molecule has 2 rings (SSSR count). The van der Waals surface area contributed by atoms with Gasteiger partial charge in [0, 0.05) is 23.8 Å². The molecule has 21 heavy (non-hydrogen) atoms. The first-order valence-corrected chi connectivity index (χ1v) is 7.71. The SMILES string of the molecule is CC(C)CCNC(=O)[C@@H]1CCN(c2ccc(Cl)cc2)C1=O. The molecule has 1 N–H and O–H groups in total. The highest BCUT2D eigenvalue weighted by Gasteiger charge is 2.37. The minimum Gasteiger partial charge on any atom is -0.355 e. The van der Waals surface area contributed by atoms with Crippen molar-refractivity contribution >= 4 is 29.1 Å². The van der Waals surface area contributed by atoms with Gasteiger partial charge in [0.25, 0.3) is 0 Å². The van der Waals surface area contributed by atoms with Crippen LogP contribution in [0.25, 0.3) is 0 Å². The van der Waals surface area contributed by atoms with Gasteiger partial charge >= 0.3 is 0 Å². The molecule has 1 aromatic carbocycles. The van der Waals surface area contributed by atoms with Crippen LogP contribution in [0.5, 0.6) is 0 Å². The number of nitrogens with zero attached hydrogens (tertiary/aromatic N) is 1. The lowest BCUT2D eigenvalue weighted by Crippen LogP contribution is -2.37. The number of amides is 2. The van der Waals surface area contributed by atoms with Crippen molar-refractivity contribution in [1.82, 2.24) is 5.32 Å². The van der Waals surface area contributed by atoms with Gasteiger partial charge in [0.05, 0.1) is 0 Å². The summed E-state index contributed by atoms with van der Waals surface area (Å²) in [6.45, 7) is 5.41. The second-order valence-electron chi connectivity index (χ2n) is 5.78. The number of hydrogen-bond donors (Lipinski definition) is 1. The van der Waals surface area contributed by atoms with Gasteiger partial charge in [-0.1, -0.05) is 25.4 Å². The Labute approximate surface area is 130 Å². The zero-order chi connectivity index (χ0) is 15.4. The molecule has 114 valence electrons. The van der Waals surface area contributed by atoms with Crippen LogP contribution < -0.4 is 10.2 Å². The topological polar surface area (TPSA) is 49.4 Å². The van der Waals surface area contributed by atoms with Crippen molar-refractivity contribution < 1.29 is 9.59 Å². The van der Waals surface area contributed by atoms with Crippen molar-refractivity contribution in [3.63, 3.8) is 0 Å². The largest absolute Gasteiger partial charge is 0.355 e. The highest BCUT2D eigenvalue weighted by molar-refractivity contribution is 6.30. The molecule has 1 heterocycles. The van der Waals surface area contributed by atoms with Gasteiger partial charge in [-0.3, -0.25) is 9.59 Å². The standard InChI is InChI=1S/C16H21ClN2O2/c1-11(2)7-9-18-15(20)14-8-10-19(16(14)21)13-5-3-12(17)4-6-13/h3-6,11,14H,7-10H2,1-2H3,(H,18,20)/t14-/m0/s1. The van der Waals surface area contributed by atoms with Gasteiger partial charge < -0.3 is 10.2 Å². The number of anilines is 1. The summed E-state index contributed by atoms with van der Waals surface area (Å²) in [5.41, 5.74) is 0.793. The fraction of sp³-hybridized carbons (Fsp3) is 0.500. The molecule has 0 spiro atoms. The molecule has 1 saturated heterocycles. The Morgan fingerprint density at radius 1 is 1.38 bits per heavy atom. The Hall–Kier alpha value is -1.55. The lowest BCUT2D eigenvalue weighted by Gasteiger charge is -2.17.